The molecule has 0 aliphatic heterocycles. The number of benzene rings is 3. The van der Waals surface area contributed by atoms with E-state index < -0.39 is 15.4 Å². The summed E-state index contributed by atoms with van der Waals surface area (Å²) >= 11 is 0. The van der Waals surface area contributed by atoms with Crippen molar-refractivity contribution >= 4 is 32.6 Å². The summed E-state index contributed by atoms with van der Waals surface area (Å²) in [6.07, 6.45) is 5.03. The third-order valence-electron chi connectivity index (χ3n) is 7.80. The van der Waals surface area contributed by atoms with E-state index in [1.165, 1.54) is 27.8 Å². The monoisotopic (exact) mass is 603 g/mol. The number of anilines is 1. The number of aryl methyl sites for hydroxylation is 3. The Hall–Kier alpha value is -3.62. The number of fused-ring (bicyclic) bond motifs is 1. The van der Waals surface area contributed by atoms with Crippen molar-refractivity contribution in [2.75, 3.05) is 30.7 Å². The lowest BCUT2D eigenvalue weighted by Crippen LogP contribution is -2.31. The number of carbonyl (C=O) groups is 1. The summed E-state index contributed by atoms with van der Waals surface area (Å²) in [5.74, 6) is -0.218. The van der Waals surface area contributed by atoms with E-state index in [-0.39, 0.29) is 5.97 Å². The van der Waals surface area contributed by atoms with Crippen LogP contribution in [0.1, 0.15) is 61.4 Å². The minimum absolute atomic E-state index is 0.218. The van der Waals surface area contributed by atoms with Crippen molar-refractivity contribution in [2.24, 2.45) is 0 Å². The summed E-state index contributed by atoms with van der Waals surface area (Å²) < 4.78 is 30.7. The van der Waals surface area contributed by atoms with E-state index in [9.17, 15) is 13.2 Å². The van der Waals surface area contributed by atoms with Crippen molar-refractivity contribution in [3.05, 3.63) is 88.5 Å². The van der Waals surface area contributed by atoms with Crippen molar-refractivity contribution < 1.29 is 17.9 Å². The Balaban J connectivity index is 1.44. The number of rotatable bonds is 14. The highest BCUT2D eigenvalue weighted by Gasteiger charge is 2.32. The maximum absolute atomic E-state index is 12.8. The maximum atomic E-state index is 12.8. The van der Waals surface area contributed by atoms with Crippen LogP contribution in [0, 0.1) is 13.8 Å². The van der Waals surface area contributed by atoms with E-state index in [2.05, 4.69) is 59.2 Å². The third kappa shape index (κ3) is 8.48. The molecule has 0 spiro atoms. The zero-order chi connectivity index (χ0) is 31.2. The molecule has 0 radical (unpaired) electrons. The second-order valence-corrected chi connectivity index (χ2v) is 13.7. The number of esters is 1. The van der Waals surface area contributed by atoms with Gasteiger partial charge in [-0.1, -0.05) is 35.4 Å². The van der Waals surface area contributed by atoms with Crippen LogP contribution >= 0.6 is 0 Å². The lowest BCUT2D eigenvalue weighted by molar-refractivity contribution is -0.148. The molecule has 0 atom stereocenters. The van der Waals surface area contributed by atoms with Crippen LogP contribution in [0.25, 0.3) is 22.2 Å². The van der Waals surface area contributed by atoms with Crippen LogP contribution < -0.4 is 10.0 Å². The van der Waals surface area contributed by atoms with Gasteiger partial charge in [0.1, 0.15) is 0 Å². The minimum atomic E-state index is -3.26. The summed E-state index contributed by atoms with van der Waals surface area (Å²) in [5.41, 5.74) is 9.03. The molecule has 43 heavy (non-hydrogen) atoms. The molecule has 0 saturated carbocycles. The van der Waals surface area contributed by atoms with E-state index in [0.29, 0.717) is 12.3 Å². The molecule has 3 N–H and O–H groups in total. The quantitative estimate of drug-likeness (QED) is 0.109. The van der Waals surface area contributed by atoms with Gasteiger partial charge in [0.15, 0.2) is 0 Å². The molecule has 1 aromatic heterocycles. The average Bonchev–Trinajstić information content (AvgIpc) is 3.30. The van der Waals surface area contributed by atoms with Gasteiger partial charge in [-0.05, 0) is 132 Å². The smallest absolute Gasteiger partial charge is 0.315 e. The first kappa shape index (κ1) is 32.3. The van der Waals surface area contributed by atoms with E-state index in [0.717, 1.165) is 67.2 Å². The largest absolute Gasteiger partial charge is 0.465 e. The number of hydrogen-bond acceptors (Lipinski definition) is 5. The minimum Gasteiger partial charge on any atom is -0.465 e. The molecule has 4 rings (SSSR count). The number of aromatic nitrogens is 1. The molecule has 0 aliphatic carbocycles. The predicted octanol–water partition coefficient (Wildman–Crippen LogP) is 6.82. The number of unbranched alkanes of at least 4 members (excludes halogenated alkanes) is 1. The van der Waals surface area contributed by atoms with E-state index in [1.807, 2.05) is 51.1 Å². The number of hydrogen-bond donors (Lipinski definition) is 3. The summed E-state index contributed by atoms with van der Waals surface area (Å²) in [4.78, 5) is 16.5. The normalized spacial score (nSPS) is 12.0. The predicted molar refractivity (Wildman–Crippen MR) is 177 cm³/mol. The number of nitrogens with one attached hydrogen (secondary N) is 3. The first-order valence-corrected chi connectivity index (χ1v) is 16.9. The molecule has 0 aliphatic rings. The standard InChI is InChI=1S/C35H45N3O4S/c1-7-42-34(39)35(4,5)28-13-16-32-31(23-28)30(33(37-32)27-21-24(2)20-25(3)22-27)17-19-36-18-9-8-10-26-11-14-29(15-12-26)38-43(6,40)41/h11-16,20-23,36-38H,7-10,17-19H2,1-6H3. The van der Waals surface area contributed by atoms with Gasteiger partial charge in [0, 0.05) is 22.3 Å². The SMILES string of the molecule is CCOC(=O)C(C)(C)c1ccc2[nH]c(-c3cc(C)cc(C)c3)c(CCNCCCCc3ccc(NS(C)(=O)=O)cc3)c2c1. The fourth-order valence-electron chi connectivity index (χ4n) is 5.56. The lowest BCUT2D eigenvalue weighted by atomic mass is 9.83. The Kier molecular flexibility index (Phi) is 10.4. The topological polar surface area (TPSA) is 100 Å². The summed E-state index contributed by atoms with van der Waals surface area (Å²) in [7, 11) is -3.26. The fourth-order valence-corrected chi connectivity index (χ4v) is 6.13. The van der Waals surface area contributed by atoms with Gasteiger partial charge in [0.25, 0.3) is 0 Å². The van der Waals surface area contributed by atoms with Crippen LogP contribution in [0.2, 0.25) is 0 Å². The molecular weight excluding hydrogens is 558 g/mol. The fraction of sp³-hybridized carbons (Fsp3) is 0.400. The van der Waals surface area contributed by atoms with Gasteiger partial charge in [-0.25, -0.2) is 8.42 Å². The molecule has 8 heteroatoms. The zero-order valence-electron chi connectivity index (χ0n) is 26.3. The second kappa shape index (κ2) is 13.8. The van der Waals surface area contributed by atoms with Crippen molar-refractivity contribution in [3.63, 3.8) is 0 Å². The highest BCUT2D eigenvalue weighted by Crippen LogP contribution is 2.35. The van der Waals surface area contributed by atoms with Crippen LogP contribution in [-0.4, -0.2) is 45.3 Å². The molecule has 230 valence electrons. The van der Waals surface area contributed by atoms with Crippen LogP contribution in [-0.2, 0) is 37.8 Å². The summed E-state index contributed by atoms with van der Waals surface area (Å²) in [6, 6.07) is 20.5. The number of carbonyl (C=O) groups excluding carboxylic acids is 1. The Morgan fingerprint density at radius 2 is 1.60 bits per heavy atom. The molecule has 3 aromatic carbocycles. The first-order chi connectivity index (χ1) is 20.4. The number of aromatic amines is 1. The Bertz CT molecular complexity index is 1650. The van der Waals surface area contributed by atoms with Crippen molar-refractivity contribution in [1.29, 1.82) is 0 Å². The van der Waals surface area contributed by atoms with Gasteiger partial charge < -0.3 is 15.0 Å². The highest BCUT2D eigenvalue weighted by molar-refractivity contribution is 7.92. The first-order valence-electron chi connectivity index (χ1n) is 15.1. The third-order valence-corrected chi connectivity index (χ3v) is 8.41. The molecule has 0 amide bonds. The Labute approximate surface area is 256 Å². The summed E-state index contributed by atoms with van der Waals surface area (Å²) in [5, 5.41) is 4.76. The number of sulfonamides is 1. The molecule has 4 aromatic rings. The molecule has 0 saturated heterocycles. The molecule has 7 nitrogen and oxygen atoms in total. The zero-order valence-corrected chi connectivity index (χ0v) is 27.1. The lowest BCUT2D eigenvalue weighted by Gasteiger charge is -2.23. The summed E-state index contributed by atoms with van der Waals surface area (Å²) in [6.45, 7) is 12.0. The number of ether oxygens (including phenoxy) is 1. The van der Waals surface area contributed by atoms with Gasteiger partial charge in [-0.3, -0.25) is 9.52 Å². The molecule has 1 heterocycles. The van der Waals surface area contributed by atoms with Crippen molar-refractivity contribution in [2.45, 2.75) is 65.7 Å². The van der Waals surface area contributed by atoms with Gasteiger partial charge in [-0.2, -0.15) is 0 Å². The second-order valence-electron chi connectivity index (χ2n) is 12.0. The van der Waals surface area contributed by atoms with Gasteiger partial charge in [0.05, 0.1) is 18.3 Å². The van der Waals surface area contributed by atoms with Crippen molar-refractivity contribution in [3.8, 4) is 11.3 Å². The van der Waals surface area contributed by atoms with Crippen LogP contribution in [0.3, 0.4) is 0 Å². The number of H-pyrrole nitrogens is 1. The maximum Gasteiger partial charge on any atom is 0.315 e. The van der Waals surface area contributed by atoms with E-state index in [1.54, 1.807) is 0 Å². The van der Waals surface area contributed by atoms with Gasteiger partial charge in [0.2, 0.25) is 10.0 Å². The van der Waals surface area contributed by atoms with E-state index >= 15 is 0 Å². The van der Waals surface area contributed by atoms with Crippen LogP contribution in [0.5, 0.6) is 0 Å². The van der Waals surface area contributed by atoms with Gasteiger partial charge in [-0.15, -0.1) is 0 Å². The Morgan fingerprint density at radius 1 is 0.907 bits per heavy atom. The van der Waals surface area contributed by atoms with E-state index in [4.69, 9.17) is 4.74 Å². The molecule has 0 unspecified atom stereocenters. The molecule has 0 fully saturated rings. The molecular formula is C35H45N3O4S. The van der Waals surface area contributed by atoms with Crippen molar-refractivity contribution in [1.82, 2.24) is 10.3 Å². The van der Waals surface area contributed by atoms with Gasteiger partial charge >= 0.3 is 5.97 Å². The highest BCUT2D eigenvalue weighted by atomic mass is 32.2. The molecule has 0 bridgehead atoms. The van der Waals surface area contributed by atoms with Crippen LogP contribution in [0.15, 0.2) is 60.7 Å². The Morgan fingerprint density at radius 3 is 2.26 bits per heavy atom. The average molecular weight is 604 g/mol. The van der Waals surface area contributed by atoms with Crippen LogP contribution in [0.4, 0.5) is 5.69 Å².